The molecule has 0 atom stereocenters. The van der Waals surface area contributed by atoms with E-state index in [0.717, 1.165) is 0 Å². The fourth-order valence-corrected chi connectivity index (χ4v) is 2.17. The summed E-state index contributed by atoms with van der Waals surface area (Å²) in [6.07, 6.45) is 1.40. The number of benzene rings is 1. The second-order valence-electron chi connectivity index (χ2n) is 4.79. The lowest BCUT2D eigenvalue weighted by Gasteiger charge is -2.16. The van der Waals surface area contributed by atoms with Gasteiger partial charge in [-0.25, -0.2) is 4.79 Å². The molecule has 1 heterocycles. The molecule has 20 heavy (non-hydrogen) atoms. The van der Waals surface area contributed by atoms with Crippen LogP contribution in [-0.2, 0) is 0 Å². The molecule has 0 bridgehead atoms. The molecule has 0 saturated carbocycles. The number of rotatable bonds is 4. The fourth-order valence-electron chi connectivity index (χ4n) is 2.17. The first kappa shape index (κ1) is 14.1. The van der Waals surface area contributed by atoms with Gasteiger partial charge >= 0.3 is 5.97 Å². The lowest BCUT2D eigenvalue weighted by molar-refractivity contribution is 0.0694. The van der Waals surface area contributed by atoms with Crippen LogP contribution in [0.2, 0.25) is 0 Å². The van der Waals surface area contributed by atoms with Crippen LogP contribution in [0.5, 0.6) is 5.75 Å². The van der Waals surface area contributed by atoms with E-state index in [1.807, 2.05) is 20.8 Å². The third-order valence-electron chi connectivity index (χ3n) is 3.10. The SMILES string of the molecule is CCOc1ccc2c(c1)c(=O)c(C(=O)O)cn2C(C)C. The van der Waals surface area contributed by atoms with Gasteiger partial charge < -0.3 is 14.4 Å². The van der Waals surface area contributed by atoms with E-state index >= 15 is 0 Å². The number of carboxylic acid groups (broad SMARTS) is 1. The molecule has 2 aromatic rings. The molecular weight excluding hydrogens is 258 g/mol. The average molecular weight is 275 g/mol. The molecule has 0 aliphatic carbocycles. The van der Waals surface area contributed by atoms with Gasteiger partial charge in [-0.3, -0.25) is 4.79 Å². The maximum atomic E-state index is 12.3. The Bertz CT molecular complexity index is 716. The van der Waals surface area contributed by atoms with Crippen LogP contribution in [0.25, 0.3) is 10.9 Å². The number of hydrogen-bond acceptors (Lipinski definition) is 3. The van der Waals surface area contributed by atoms with Crippen LogP contribution in [-0.4, -0.2) is 22.2 Å². The zero-order valence-corrected chi connectivity index (χ0v) is 11.7. The normalized spacial score (nSPS) is 11.0. The monoisotopic (exact) mass is 275 g/mol. The van der Waals surface area contributed by atoms with E-state index in [1.54, 1.807) is 22.8 Å². The Hall–Kier alpha value is -2.30. The molecule has 0 aliphatic heterocycles. The lowest BCUT2D eigenvalue weighted by atomic mass is 10.1. The van der Waals surface area contributed by atoms with Gasteiger partial charge in [0.15, 0.2) is 0 Å². The molecule has 106 valence electrons. The van der Waals surface area contributed by atoms with Crippen molar-refractivity contribution < 1.29 is 14.6 Å². The van der Waals surface area contributed by atoms with Crippen molar-refractivity contribution in [2.24, 2.45) is 0 Å². The first-order chi connectivity index (χ1) is 9.45. The smallest absolute Gasteiger partial charge is 0.341 e. The lowest BCUT2D eigenvalue weighted by Crippen LogP contribution is -2.19. The molecule has 1 aromatic carbocycles. The van der Waals surface area contributed by atoms with Gasteiger partial charge in [-0.2, -0.15) is 0 Å². The van der Waals surface area contributed by atoms with Gasteiger partial charge in [0, 0.05) is 12.2 Å². The summed E-state index contributed by atoms with van der Waals surface area (Å²) in [7, 11) is 0. The zero-order chi connectivity index (χ0) is 14.9. The van der Waals surface area contributed by atoms with Crippen molar-refractivity contribution in [3.05, 3.63) is 40.2 Å². The third kappa shape index (κ3) is 2.39. The highest BCUT2D eigenvalue weighted by Crippen LogP contribution is 2.22. The van der Waals surface area contributed by atoms with Gasteiger partial charge in [0.2, 0.25) is 5.43 Å². The summed E-state index contributed by atoms with van der Waals surface area (Å²) in [4.78, 5) is 23.5. The maximum Gasteiger partial charge on any atom is 0.341 e. The number of nitrogens with zero attached hydrogens (tertiary/aromatic N) is 1. The van der Waals surface area contributed by atoms with Crippen LogP contribution in [0.4, 0.5) is 0 Å². The molecule has 0 aliphatic rings. The molecule has 0 saturated heterocycles. The predicted octanol–water partition coefficient (Wildman–Crippen LogP) is 2.68. The first-order valence-corrected chi connectivity index (χ1v) is 6.50. The minimum Gasteiger partial charge on any atom is -0.494 e. The highest BCUT2D eigenvalue weighted by Gasteiger charge is 2.16. The molecule has 1 N–H and O–H groups in total. The topological polar surface area (TPSA) is 68.5 Å². The van der Waals surface area contributed by atoms with E-state index in [0.29, 0.717) is 23.3 Å². The van der Waals surface area contributed by atoms with Crippen molar-refractivity contribution in [1.82, 2.24) is 4.57 Å². The number of carboxylic acids is 1. The van der Waals surface area contributed by atoms with Gasteiger partial charge in [0.25, 0.3) is 0 Å². The van der Waals surface area contributed by atoms with Crippen LogP contribution in [0.15, 0.2) is 29.2 Å². The second-order valence-corrected chi connectivity index (χ2v) is 4.79. The van der Waals surface area contributed by atoms with Crippen molar-refractivity contribution in [2.45, 2.75) is 26.8 Å². The number of fused-ring (bicyclic) bond motifs is 1. The molecule has 2 rings (SSSR count). The Morgan fingerprint density at radius 3 is 2.65 bits per heavy atom. The van der Waals surface area contributed by atoms with E-state index in [4.69, 9.17) is 9.84 Å². The summed E-state index contributed by atoms with van der Waals surface area (Å²) in [6.45, 7) is 6.21. The molecule has 5 nitrogen and oxygen atoms in total. The number of aromatic nitrogens is 1. The van der Waals surface area contributed by atoms with Crippen LogP contribution in [0.1, 0.15) is 37.2 Å². The van der Waals surface area contributed by atoms with Crippen molar-refractivity contribution in [3.63, 3.8) is 0 Å². The number of hydrogen-bond donors (Lipinski definition) is 1. The standard InChI is InChI=1S/C15H17NO4/c1-4-20-10-5-6-13-11(7-10)14(17)12(15(18)19)8-16(13)9(2)3/h5-9H,4H2,1-3H3,(H,18,19). The summed E-state index contributed by atoms with van der Waals surface area (Å²) in [5, 5.41) is 9.52. The van der Waals surface area contributed by atoms with Crippen molar-refractivity contribution in [1.29, 1.82) is 0 Å². The number of pyridine rings is 1. The minimum atomic E-state index is -1.21. The summed E-state index contributed by atoms with van der Waals surface area (Å²) < 4.78 is 7.16. The number of ether oxygens (including phenoxy) is 1. The van der Waals surface area contributed by atoms with Crippen molar-refractivity contribution >= 4 is 16.9 Å². The van der Waals surface area contributed by atoms with Crippen LogP contribution in [0, 0.1) is 0 Å². The highest BCUT2D eigenvalue weighted by atomic mass is 16.5. The Morgan fingerprint density at radius 2 is 2.10 bits per heavy atom. The summed E-state index contributed by atoms with van der Waals surface area (Å²) in [5.74, 6) is -0.650. The number of carbonyl (C=O) groups is 1. The van der Waals surface area contributed by atoms with Crippen LogP contribution < -0.4 is 10.2 Å². The van der Waals surface area contributed by atoms with Crippen LogP contribution >= 0.6 is 0 Å². The molecule has 0 spiro atoms. The largest absolute Gasteiger partial charge is 0.494 e. The third-order valence-corrected chi connectivity index (χ3v) is 3.10. The second kappa shape index (κ2) is 5.36. The molecule has 0 fully saturated rings. The highest BCUT2D eigenvalue weighted by molar-refractivity contribution is 5.93. The average Bonchev–Trinajstić information content (AvgIpc) is 2.39. The maximum absolute atomic E-state index is 12.3. The quantitative estimate of drug-likeness (QED) is 0.931. The van der Waals surface area contributed by atoms with E-state index in [9.17, 15) is 9.59 Å². The van der Waals surface area contributed by atoms with Gasteiger partial charge in [0.1, 0.15) is 11.3 Å². The van der Waals surface area contributed by atoms with E-state index in [1.165, 1.54) is 6.20 Å². The van der Waals surface area contributed by atoms with Gasteiger partial charge in [-0.05, 0) is 39.0 Å². The fraction of sp³-hybridized carbons (Fsp3) is 0.333. The van der Waals surface area contributed by atoms with E-state index in [2.05, 4.69) is 0 Å². The first-order valence-electron chi connectivity index (χ1n) is 6.50. The Labute approximate surface area is 116 Å². The minimum absolute atomic E-state index is 0.0501. The van der Waals surface area contributed by atoms with Gasteiger partial charge in [-0.15, -0.1) is 0 Å². The van der Waals surface area contributed by atoms with Gasteiger partial charge in [-0.1, -0.05) is 0 Å². The predicted molar refractivity (Wildman–Crippen MR) is 76.7 cm³/mol. The molecule has 0 amide bonds. The molecule has 1 aromatic heterocycles. The molecular formula is C15H17NO4. The summed E-state index contributed by atoms with van der Waals surface area (Å²) >= 11 is 0. The summed E-state index contributed by atoms with van der Waals surface area (Å²) in [6, 6.07) is 5.22. The van der Waals surface area contributed by atoms with E-state index in [-0.39, 0.29) is 11.6 Å². The van der Waals surface area contributed by atoms with Crippen molar-refractivity contribution in [2.75, 3.05) is 6.61 Å². The Balaban J connectivity index is 2.84. The van der Waals surface area contributed by atoms with Gasteiger partial charge in [0.05, 0.1) is 17.5 Å². The zero-order valence-electron chi connectivity index (χ0n) is 11.7. The number of aromatic carboxylic acids is 1. The molecule has 5 heteroatoms. The Kier molecular flexibility index (Phi) is 3.79. The molecule has 0 radical (unpaired) electrons. The summed E-state index contributed by atoms with van der Waals surface area (Å²) in [5.41, 5.74) is 0.00394. The molecule has 0 unspecified atom stereocenters. The van der Waals surface area contributed by atoms with E-state index < -0.39 is 11.4 Å². The van der Waals surface area contributed by atoms with Crippen LogP contribution in [0.3, 0.4) is 0 Å². The Morgan fingerprint density at radius 1 is 1.40 bits per heavy atom. The van der Waals surface area contributed by atoms with Crippen molar-refractivity contribution in [3.8, 4) is 5.75 Å².